The molecular formula is C68H126N7O25P. The van der Waals surface area contributed by atoms with E-state index in [1.54, 1.807) is 4.90 Å². The van der Waals surface area contributed by atoms with Gasteiger partial charge in [0, 0.05) is 112 Å². The van der Waals surface area contributed by atoms with Crippen LogP contribution in [0.15, 0.2) is 0 Å². The monoisotopic (exact) mass is 1470 g/mol. The number of ether oxygens (including phenoxy) is 6. The van der Waals surface area contributed by atoms with E-state index in [2.05, 4.69) is 26.6 Å². The number of amides is 7. The number of hydrogen-bond donors (Lipinski definition) is 15. The number of aliphatic hydroxyl groups is 10. The predicted molar refractivity (Wildman–Crippen MR) is 369 cm³/mol. The van der Waals surface area contributed by atoms with Crippen molar-refractivity contribution in [1.82, 2.24) is 36.4 Å². The molecule has 3 aliphatic rings. The van der Waals surface area contributed by atoms with Crippen LogP contribution < -0.4 is 26.6 Å². The molecule has 7 amide bonds. The summed E-state index contributed by atoms with van der Waals surface area (Å²) < 4.78 is 52.0. The molecule has 32 nitrogen and oxygen atoms in total. The number of hydrogen-bond acceptors (Lipinski definition) is 25. The van der Waals surface area contributed by atoms with Crippen LogP contribution in [-0.4, -0.2) is 299 Å². The molecule has 15 N–H and O–H groups in total. The molecule has 0 aromatic rings. The predicted octanol–water partition coefficient (Wildman–Crippen LogP) is 0.205. The van der Waals surface area contributed by atoms with Crippen molar-refractivity contribution >= 4 is 48.7 Å². The fourth-order valence-electron chi connectivity index (χ4n) is 12.3. The molecule has 16 atom stereocenters. The maximum absolute atomic E-state index is 13.9. The Kier molecular flexibility index (Phi) is 46.8. The van der Waals surface area contributed by atoms with Crippen molar-refractivity contribution in [1.29, 1.82) is 0 Å². The van der Waals surface area contributed by atoms with Crippen LogP contribution in [0.1, 0.15) is 194 Å². The summed E-state index contributed by atoms with van der Waals surface area (Å²) in [7, 11) is -3.04. The second kappa shape index (κ2) is 51.9. The number of unbranched alkanes of at least 4 members (excludes halogenated alkanes) is 18. The Morgan fingerprint density at radius 3 is 1.04 bits per heavy atom. The summed E-state index contributed by atoms with van der Waals surface area (Å²) in [4.78, 5) is 91.8. The highest BCUT2D eigenvalue weighted by Crippen LogP contribution is 2.37. The molecule has 0 bridgehead atoms. The highest BCUT2D eigenvalue weighted by Gasteiger charge is 2.48. The number of carbonyl (C=O) groups is 7. The summed E-state index contributed by atoms with van der Waals surface area (Å²) in [5, 5.41) is 115. The fourth-order valence-corrected chi connectivity index (χ4v) is 12.8. The number of aliphatic hydroxyl groups excluding tert-OH is 10. The van der Waals surface area contributed by atoms with E-state index in [9.17, 15) is 89.2 Å². The summed E-state index contributed by atoms with van der Waals surface area (Å²) in [5.74, 6) is -2.26. The van der Waals surface area contributed by atoms with Gasteiger partial charge in [-0.3, -0.25) is 38.1 Å². The Balaban J connectivity index is 1.46. The molecule has 3 heterocycles. The average Bonchev–Trinajstić information content (AvgIpc) is 0.823. The SMILES string of the molecule is CC(=O)NC1[C@H](OCCCCCCCCCC(=O)NCCCN(CCCN(CCCNC(=O)CCCCCCCCCO[C@@H]2OC(CO)[C@H](O)[C@H](O)C2NC(C)=O)C(=O)C(O)COP(C)(C)=O)C(=O)CCCCCCCCCO[C@@H]2OC(CO)[C@H](O)[C@H](O)C2NC(C)=O)OC(CO)[C@H](O)[C@@H]1O. The van der Waals surface area contributed by atoms with Crippen LogP contribution in [0.4, 0.5) is 0 Å². The Bertz CT molecular complexity index is 2390. The summed E-state index contributed by atoms with van der Waals surface area (Å²) in [6.45, 7) is 6.84. The summed E-state index contributed by atoms with van der Waals surface area (Å²) in [6, 6.07) is -3.01. The molecule has 0 aromatic heterocycles. The molecular weight excluding hydrogens is 1350 g/mol. The molecule has 0 radical (unpaired) electrons. The fraction of sp³-hybridized carbons (Fsp3) is 0.897. The van der Waals surface area contributed by atoms with Gasteiger partial charge < -0.3 is 120 Å². The van der Waals surface area contributed by atoms with Crippen LogP contribution in [0.2, 0.25) is 0 Å². The van der Waals surface area contributed by atoms with E-state index in [-0.39, 0.29) is 70.1 Å². The zero-order valence-electron chi connectivity index (χ0n) is 60.5. The zero-order valence-corrected chi connectivity index (χ0v) is 61.4. The van der Waals surface area contributed by atoms with E-state index in [0.29, 0.717) is 83.7 Å². The van der Waals surface area contributed by atoms with Crippen LogP contribution in [0.25, 0.3) is 0 Å². The third kappa shape index (κ3) is 37.1. The van der Waals surface area contributed by atoms with E-state index < -0.39 is 155 Å². The van der Waals surface area contributed by atoms with Crippen LogP contribution >= 0.6 is 7.37 Å². The van der Waals surface area contributed by atoms with E-state index in [0.717, 1.165) is 96.3 Å². The molecule has 3 fully saturated rings. The van der Waals surface area contributed by atoms with Crippen LogP contribution in [0.3, 0.4) is 0 Å². The first-order valence-electron chi connectivity index (χ1n) is 36.7. The van der Waals surface area contributed by atoms with Gasteiger partial charge in [-0.2, -0.15) is 0 Å². The van der Waals surface area contributed by atoms with E-state index in [4.69, 9.17) is 32.9 Å². The summed E-state index contributed by atoms with van der Waals surface area (Å²) >= 11 is 0. The number of nitrogens with one attached hydrogen (secondary N) is 5. The van der Waals surface area contributed by atoms with Crippen molar-refractivity contribution in [2.75, 3.05) is 98.8 Å². The minimum atomic E-state index is -3.04. The van der Waals surface area contributed by atoms with Gasteiger partial charge in [0.05, 0.1) is 26.4 Å². The van der Waals surface area contributed by atoms with Crippen molar-refractivity contribution in [3.63, 3.8) is 0 Å². The molecule has 3 aliphatic heterocycles. The minimum Gasteiger partial charge on any atom is -0.394 e. The third-order valence-electron chi connectivity index (χ3n) is 17.9. The lowest BCUT2D eigenvalue weighted by Crippen LogP contribution is -2.64. The van der Waals surface area contributed by atoms with Gasteiger partial charge in [0.2, 0.25) is 35.4 Å². The molecule has 33 heteroatoms. The Morgan fingerprint density at radius 2 is 0.713 bits per heavy atom. The molecule has 0 spiro atoms. The molecule has 0 aliphatic carbocycles. The van der Waals surface area contributed by atoms with Crippen molar-refractivity contribution in [2.24, 2.45) is 0 Å². The quantitative estimate of drug-likeness (QED) is 0.0286. The second-order valence-corrected chi connectivity index (χ2v) is 29.9. The van der Waals surface area contributed by atoms with Crippen molar-refractivity contribution < 1.29 is 122 Å². The smallest absolute Gasteiger partial charge is 0.253 e. The van der Waals surface area contributed by atoms with E-state index >= 15 is 0 Å². The summed E-state index contributed by atoms with van der Waals surface area (Å²) in [6.07, 6.45) is 3.01. The lowest BCUT2D eigenvalue weighted by Gasteiger charge is -2.42. The maximum Gasteiger partial charge on any atom is 0.253 e. The maximum atomic E-state index is 13.9. The first-order valence-corrected chi connectivity index (χ1v) is 39.3. The van der Waals surface area contributed by atoms with Gasteiger partial charge in [-0.05, 0) is 57.8 Å². The van der Waals surface area contributed by atoms with E-state index in [1.807, 2.05) is 0 Å². The first-order chi connectivity index (χ1) is 48.2. The minimum absolute atomic E-state index is 0.0819. The van der Waals surface area contributed by atoms with Gasteiger partial charge in [-0.15, -0.1) is 0 Å². The molecule has 101 heavy (non-hydrogen) atoms. The molecule has 7 unspecified atom stereocenters. The average molecular weight is 1470 g/mol. The Morgan fingerprint density at radius 1 is 0.416 bits per heavy atom. The number of nitrogens with zero attached hydrogens (tertiary/aromatic N) is 2. The molecule has 0 saturated carbocycles. The van der Waals surface area contributed by atoms with Crippen LogP contribution in [-0.2, 0) is 71.1 Å². The highest BCUT2D eigenvalue weighted by molar-refractivity contribution is 7.57. The van der Waals surface area contributed by atoms with Gasteiger partial charge >= 0.3 is 0 Å². The van der Waals surface area contributed by atoms with Gasteiger partial charge in [0.1, 0.15) is 73.1 Å². The number of rotatable bonds is 55. The van der Waals surface area contributed by atoms with Crippen molar-refractivity contribution in [3.05, 3.63) is 0 Å². The normalized spacial score (nSPS) is 25.6. The topological polar surface area (TPSA) is 470 Å². The second-order valence-electron chi connectivity index (χ2n) is 27.1. The van der Waals surface area contributed by atoms with Gasteiger partial charge in [-0.1, -0.05) is 96.3 Å². The molecule has 0 aromatic carbocycles. The lowest BCUT2D eigenvalue weighted by atomic mass is 9.97. The third-order valence-corrected chi connectivity index (χ3v) is 18.7. The molecule has 588 valence electrons. The first kappa shape index (κ1) is 91.1. The largest absolute Gasteiger partial charge is 0.394 e. The van der Waals surface area contributed by atoms with Crippen LogP contribution in [0.5, 0.6) is 0 Å². The van der Waals surface area contributed by atoms with Gasteiger partial charge in [-0.25, -0.2) is 0 Å². The van der Waals surface area contributed by atoms with Crippen molar-refractivity contribution in [3.8, 4) is 0 Å². The zero-order chi connectivity index (χ0) is 74.7. The summed E-state index contributed by atoms with van der Waals surface area (Å²) in [5.41, 5.74) is 0. The van der Waals surface area contributed by atoms with Crippen LogP contribution in [0, 0.1) is 0 Å². The number of carbonyl (C=O) groups excluding carboxylic acids is 7. The van der Waals surface area contributed by atoms with Crippen molar-refractivity contribution in [2.45, 2.75) is 292 Å². The van der Waals surface area contributed by atoms with E-state index in [1.165, 1.54) is 39.0 Å². The Labute approximate surface area is 596 Å². The lowest BCUT2D eigenvalue weighted by molar-refractivity contribution is -0.270. The van der Waals surface area contributed by atoms with Gasteiger partial charge in [0.25, 0.3) is 5.91 Å². The Hall–Kier alpha value is -4.16. The van der Waals surface area contributed by atoms with Gasteiger partial charge in [0.15, 0.2) is 32.3 Å². The standard InChI is InChI=1S/C68H126N7O25P/c1-46(79)71-56-62(89)59(86)50(42-76)98-66(56)94-39-24-18-12-6-9-15-21-30-53(83)69-33-27-35-74(55(85)32-23-17-11-8-14-20-26-41-96-68-58(73-48(3)81)64(91)61(88)52(44-78)100-68)37-29-38-75(65(92)49(82)45-97-101(4,5)93)36-28-34-70-54(84)31-22-16-10-7-13-19-25-40-95-67-57(72-47(2)80)63(90)60(87)51(43-77)99-67/h49-52,56-64,66-68,76-78,82,86-91H,6-45H2,1-5H3,(H,69,83)(H,70,84)(H,71,79)(H,72,80)(H,73,81)/t49?,50?,51?,52?,56?,57?,58?,59-,60-,61-,62+,63+,64+,66+,67+,68+/m0/s1. The highest BCUT2D eigenvalue weighted by atomic mass is 31.2. The molecule has 3 rings (SSSR count). The molecule has 3 saturated heterocycles.